The van der Waals surface area contributed by atoms with E-state index in [4.69, 9.17) is 23.1 Å². The molecule has 9 heteroatoms. The molecule has 0 aliphatic carbocycles. The Kier molecular flexibility index (Phi) is 3.15. The number of tetrazole rings is 1. The predicted octanol–water partition coefficient (Wildman–Crippen LogP) is 0.0160. The fourth-order valence-electron chi connectivity index (χ4n) is 1.38. The van der Waals surface area contributed by atoms with Crippen molar-refractivity contribution in [2.24, 2.45) is 5.73 Å². The summed E-state index contributed by atoms with van der Waals surface area (Å²) in [6.45, 7) is 0. The Balaban J connectivity index is 2.48. The lowest BCUT2D eigenvalue weighted by molar-refractivity contribution is 0.0698. The van der Waals surface area contributed by atoms with Crippen LogP contribution in [0.1, 0.15) is 10.4 Å². The van der Waals surface area contributed by atoms with E-state index in [9.17, 15) is 4.79 Å². The lowest BCUT2D eigenvalue weighted by Gasteiger charge is -2.09. The molecule has 0 spiro atoms. The number of thiocarbonyl (C=S) groups is 1. The fraction of sp³-hybridized carbons (Fsp3) is 0. The maximum absolute atomic E-state index is 11.0. The van der Waals surface area contributed by atoms with E-state index in [2.05, 4.69) is 20.8 Å². The van der Waals surface area contributed by atoms with Crippen molar-refractivity contribution in [3.05, 3.63) is 30.1 Å². The van der Waals surface area contributed by atoms with Gasteiger partial charge >= 0.3 is 5.97 Å². The van der Waals surface area contributed by atoms with Crippen LogP contribution in [0.5, 0.6) is 0 Å². The molecule has 0 fully saturated rings. The Morgan fingerprint density at radius 3 is 2.83 bits per heavy atom. The molecule has 0 aliphatic rings. The van der Waals surface area contributed by atoms with Crippen molar-refractivity contribution in [2.45, 2.75) is 0 Å². The quantitative estimate of drug-likeness (QED) is 0.663. The Labute approximate surface area is 106 Å². The average molecular weight is 264 g/mol. The summed E-state index contributed by atoms with van der Waals surface area (Å²) in [5, 5.41) is 22.3. The molecule has 2 rings (SSSR count). The van der Waals surface area contributed by atoms with Gasteiger partial charge in [-0.2, -0.15) is 0 Å². The molecule has 0 unspecified atom stereocenters. The summed E-state index contributed by atoms with van der Waals surface area (Å²) in [7, 11) is 0. The molecule has 0 amide bonds. The number of benzene rings is 1. The molecular formula is C9H8N6O2S. The first-order chi connectivity index (χ1) is 8.58. The number of carbonyl (C=O) groups is 1. The van der Waals surface area contributed by atoms with Gasteiger partial charge in [-0.15, -0.1) is 5.10 Å². The number of rotatable bonds is 3. The number of nitrogens with zero attached hydrogens (tertiary/aromatic N) is 4. The molecule has 1 aromatic carbocycles. The van der Waals surface area contributed by atoms with E-state index in [0.29, 0.717) is 5.69 Å². The first-order valence-electron chi connectivity index (χ1n) is 4.75. The van der Waals surface area contributed by atoms with Crippen LogP contribution in [-0.2, 0) is 0 Å². The van der Waals surface area contributed by atoms with Crippen molar-refractivity contribution in [1.82, 2.24) is 20.2 Å². The topological polar surface area (TPSA) is 119 Å². The minimum Gasteiger partial charge on any atom is -0.478 e. The average Bonchev–Trinajstić information content (AvgIpc) is 2.81. The van der Waals surface area contributed by atoms with Gasteiger partial charge in [0.1, 0.15) is 6.33 Å². The molecule has 0 bridgehead atoms. The molecule has 4 N–H and O–H groups in total. The highest BCUT2D eigenvalue weighted by atomic mass is 32.1. The summed E-state index contributed by atoms with van der Waals surface area (Å²) in [6, 6.07) is 4.53. The number of nitrogens with one attached hydrogen (secondary N) is 1. The van der Waals surface area contributed by atoms with E-state index in [0.717, 1.165) is 0 Å². The van der Waals surface area contributed by atoms with Gasteiger partial charge in [-0.3, -0.25) is 0 Å². The highest BCUT2D eigenvalue weighted by Gasteiger charge is 2.12. The first-order valence-corrected chi connectivity index (χ1v) is 5.16. The second-order valence-electron chi connectivity index (χ2n) is 3.28. The minimum atomic E-state index is -1.09. The van der Waals surface area contributed by atoms with Gasteiger partial charge < -0.3 is 16.2 Å². The molecule has 0 radical (unpaired) electrons. The summed E-state index contributed by atoms with van der Waals surface area (Å²) in [4.78, 5) is 11.0. The molecule has 1 aromatic heterocycles. The Hall–Kier alpha value is -2.55. The Morgan fingerprint density at radius 2 is 2.28 bits per heavy atom. The van der Waals surface area contributed by atoms with Crippen molar-refractivity contribution in [3.63, 3.8) is 0 Å². The van der Waals surface area contributed by atoms with E-state index in [-0.39, 0.29) is 16.4 Å². The van der Waals surface area contributed by atoms with Gasteiger partial charge in [0.15, 0.2) is 5.11 Å². The van der Waals surface area contributed by atoms with Gasteiger partial charge in [-0.25, -0.2) is 9.48 Å². The number of carboxylic acids is 1. The van der Waals surface area contributed by atoms with Crippen LogP contribution in [0, 0.1) is 0 Å². The maximum atomic E-state index is 11.0. The summed E-state index contributed by atoms with van der Waals surface area (Å²) in [5.41, 5.74) is 6.27. The zero-order valence-corrected chi connectivity index (χ0v) is 9.76. The number of nitrogens with two attached hydrogens (primary N) is 1. The molecule has 8 nitrogen and oxygen atoms in total. The zero-order valence-electron chi connectivity index (χ0n) is 8.94. The van der Waals surface area contributed by atoms with E-state index >= 15 is 0 Å². The van der Waals surface area contributed by atoms with E-state index in [1.165, 1.54) is 17.1 Å². The molecule has 0 saturated carbocycles. The first kappa shape index (κ1) is 11.9. The van der Waals surface area contributed by atoms with Gasteiger partial charge in [-0.05, 0) is 40.8 Å². The molecule has 2 aromatic rings. The lowest BCUT2D eigenvalue weighted by atomic mass is 10.1. The van der Waals surface area contributed by atoms with Crippen molar-refractivity contribution < 1.29 is 9.90 Å². The number of hydrogen-bond acceptors (Lipinski definition) is 5. The third-order valence-electron chi connectivity index (χ3n) is 2.10. The van der Waals surface area contributed by atoms with Gasteiger partial charge in [0, 0.05) is 0 Å². The van der Waals surface area contributed by atoms with Crippen LogP contribution in [-0.4, -0.2) is 36.4 Å². The van der Waals surface area contributed by atoms with E-state index in [1.54, 1.807) is 12.1 Å². The smallest absolute Gasteiger partial charge is 0.337 e. The van der Waals surface area contributed by atoms with E-state index in [1.807, 2.05) is 0 Å². The summed E-state index contributed by atoms with van der Waals surface area (Å²) < 4.78 is 1.39. The van der Waals surface area contributed by atoms with Crippen molar-refractivity contribution in [3.8, 4) is 5.69 Å². The predicted molar refractivity (Wildman–Crippen MR) is 66.5 cm³/mol. The van der Waals surface area contributed by atoms with Crippen LogP contribution in [0.25, 0.3) is 5.69 Å². The third kappa shape index (κ3) is 2.40. The van der Waals surface area contributed by atoms with Crippen LogP contribution >= 0.6 is 12.2 Å². The maximum Gasteiger partial charge on any atom is 0.337 e. The number of aromatic nitrogens is 4. The summed E-state index contributed by atoms with van der Waals surface area (Å²) in [5.74, 6) is -1.09. The van der Waals surface area contributed by atoms with Gasteiger partial charge in [-0.1, -0.05) is 0 Å². The standard InChI is InChI=1S/C9H8N6O2S/c10-9(18)12-7-3-5(15-4-11-13-14-15)1-2-6(7)8(16)17/h1-4H,(H,16,17)(H3,10,12,18). The molecule has 0 saturated heterocycles. The fourth-order valence-corrected chi connectivity index (χ4v) is 1.49. The summed E-state index contributed by atoms with van der Waals surface area (Å²) in [6.07, 6.45) is 1.39. The van der Waals surface area contributed by atoms with Crippen LogP contribution < -0.4 is 11.1 Å². The van der Waals surface area contributed by atoms with Gasteiger partial charge in [0.25, 0.3) is 0 Å². The summed E-state index contributed by atoms with van der Waals surface area (Å²) >= 11 is 4.69. The highest BCUT2D eigenvalue weighted by molar-refractivity contribution is 7.80. The molecule has 18 heavy (non-hydrogen) atoms. The number of carboxylic acid groups (broad SMARTS) is 1. The van der Waals surface area contributed by atoms with Crippen LogP contribution in [0.4, 0.5) is 5.69 Å². The number of aromatic carboxylic acids is 1. The Morgan fingerprint density at radius 1 is 1.50 bits per heavy atom. The van der Waals surface area contributed by atoms with Crippen molar-refractivity contribution in [2.75, 3.05) is 5.32 Å². The zero-order chi connectivity index (χ0) is 13.1. The van der Waals surface area contributed by atoms with Crippen molar-refractivity contribution >= 4 is 29.0 Å². The second-order valence-corrected chi connectivity index (χ2v) is 3.72. The number of hydrogen-bond donors (Lipinski definition) is 3. The minimum absolute atomic E-state index is 0.0219. The molecular weight excluding hydrogens is 256 g/mol. The SMILES string of the molecule is NC(=S)Nc1cc(-n2cnnn2)ccc1C(=O)O. The van der Waals surface area contributed by atoms with Crippen LogP contribution in [0.3, 0.4) is 0 Å². The van der Waals surface area contributed by atoms with Crippen LogP contribution in [0.2, 0.25) is 0 Å². The molecule has 0 aliphatic heterocycles. The molecule has 1 heterocycles. The monoisotopic (exact) mass is 264 g/mol. The van der Waals surface area contributed by atoms with Crippen molar-refractivity contribution in [1.29, 1.82) is 0 Å². The Bertz CT molecular complexity index is 597. The van der Waals surface area contributed by atoms with Gasteiger partial charge in [0.05, 0.1) is 16.9 Å². The van der Waals surface area contributed by atoms with E-state index < -0.39 is 5.97 Å². The molecule has 0 atom stereocenters. The lowest BCUT2D eigenvalue weighted by Crippen LogP contribution is -2.21. The second kappa shape index (κ2) is 4.75. The molecule has 92 valence electrons. The third-order valence-corrected chi connectivity index (χ3v) is 2.21. The normalized spacial score (nSPS) is 10.0. The largest absolute Gasteiger partial charge is 0.478 e. The number of anilines is 1. The van der Waals surface area contributed by atoms with Gasteiger partial charge in [0.2, 0.25) is 0 Å². The highest BCUT2D eigenvalue weighted by Crippen LogP contribution is 2.19. The van der Waals surface area contributed by atoms with Crippen LogP contribution in [0.15, 0.2) is 24.5 Å².